The van der Waals surface area contributed by atoms with E-state index < -0.39 is 0 Å². The number of hydrogen-bond acceptors (Lipinski definition) is 1. The Hall–Kier alpha value is -1.37. The van der Waals surface area contributed by atoms with E-state index in [0.717, 1.165) is 23.8 Å². The molecule has 0 heterocycles. The van der Waals surface area contributed by atoms with Gasteiger partial charge in [-0.1, -0.05) is 123 Å². The summed E-state index contributed by atoms with van der Waals surface area (Å²) < 4.78 is 0. The predicted molar refractivity (Wildman–Crippen MR) is 137 cm³/mol. The molecule has 0 saturated heterocycles. The lowest BCUT2D eigenvalue weighted by molar-refractivity contribution is -0.103. The van der Waals surface area contributed by atoms with Crippen molar-refractivity contribution < 1.29 is 4.79 Å². The molecule has 0 N–H and O–H groups in total. The molecule has 0 aromatic heterocycles. The maximum absolute atomic E-state index is 11.8. The summed E-state index contributed by atoms with van der Waals surface area (Å²) in [6, 6.07) is 6.75. The lowest BCUT2D eigenvalue weighted by atomic mass is 9.63. The first-order valence-electron chi connectivity index (χ1n) is 13.1. The minimum Gasteiger partial charge on any atom is -0.298 e. The SMILES string of the molecule is CCCCCCCCCCCCC/C=C(/C=O)c1ccc2c(c1)C(C)(C)CCC2(C)C. The average molecular weight is 425 g/mol. The molecule has 1 nitrogen and oxygen atoms in total. The van der Waals surface area contributed by atoms with E-state index in [1.165, 1.54) is 94.6 Å². The van der Waals surface area contributed by atoms with Crippen LogP contribution in [0.3, 0.4) is 0 Å². The van der Waals surface area contributed by atoms with Gasteiger partial charge in [0.1, 0.15) is 6.29 Å². The fraction of sp³-hybridized carbons (Fsp3) is 0.700. The normalized spacial score (nSPS) is 17.4. The summed E-state index contributed by atoms with van der Waals surface area (Å²) in [5.41, 5.74) is 5.28. The van der Waals surface area contributed by atoms with Crippen molar-refractivity contribution in [3.8, 4) is 0 Å². The van der Waals surface area contributed by atoms with Crippen LogP contribution >= 0.6 is 0 Å². The van der Waals surface area contributed by atoms with E-state index in [9.17, 15) is 4.79 Å². The Balaban J connectivity index is 1.79. The number of benzene rings is 1. The highest BCUT2D eigenvalue weighted by Gasteiger charge is 2.37. The molecule has 0 fully saturated rings. The van der Waals surface area contributed by atoms with Gasteiger partial charge >= 0.3 is 0 Å². The standard InChI is InChI=1S/C30H48O/c1-6-7-8-9-10-11-12-13-14-15-16-17-18-26(24-31)25-19-20-27-28(23-25)30(4,5)22-21-29(27,2)3/h18-20,23-24H,6-17,21-22H2,1-5H3/b26-18-. The van der Waals surface area contributed by atoms with Crippen molar-refractivity contribution in [2.75, 3.05) is 0 Å². The van der Waals surface area contributed by atoms with Crippen molar-refractivity contribution >= 4 is 11.9 Å². The molecule has 1 heteroatoms. The molecular formula is C30H48O. The maximum atomic E-state index is 11.8. The Morgan fingerprint density at radius 2 is 1.29 bits per heavy atom. The number of unbranched alkanes of at least 4 members (excludes halogenated alkanes) is 11. The van der Waals surface area contributed by atoms with Gasteiger partial charge in [0, 0.05) is 5.57 Å². The number of carbonyl (C=O) groups is 1. The van der Waals surface area contributed by atoms with Crippen molar-refractivity contribution in [3.05, 3.63) is 41.0 Å². The van der Waals surface area contributed by atoms with Crippen LogP contribution in [0.15, 0.2) is 24.3 Å². The zero-order valence-electron chi connectivity index (χ0n) is 21.2. The van der Waals surface area contributed by atoms with Gasteiger partial charge in [0.25, 0.3) is 0 Å². The topological polar surface area (TPSA) is 17.1 Å². The number of rotatable bonds is 14. The summed E-state index contributed by atoms with van der Waals surface area (Å²) >= 11 is 0. The van der Waals surface area contributed by atoms with Crippen LogP contribution in [-0.4, -0.2) is 6.29 Å². The quantitative estimate of drug-likeness (QED) is 0.165. The van der Waals surface area contributed by atoms with Crippen molar-refractivity contribution in [1.82, 2.24) is 0 Å². The number of fused-ring (bicyclic) bond motifs is 1. The Morgan fingerprint density at radius 1 is 0.774 bits per heavy atom. The fourth-order valence-electron chi connectivity index (χ4n) is 5.07. The van der Waals surface area contributed by atoms with Gasteiger partial charge in [0.05, 0.1) is 0 Å². The summed E-state index contributed by atoms with van der Waals surface area (Å²) in [6.45, 7) is 11.7. The van der Waals surface area contributed by atoms with E-state index in [1.54, 1.807) is 0 Å². The van der Waals surface area contributed by atoms with Crippen molar-refractivity contribution in [1.29, 1.82) is 0 Å². The van der Waals surface area contributed by atoms with Crippen LogP contribution in [-0.2, 0) is 15.6 Å². The largest absolute Gasteiger partial charge is 0.298 e. The van der Waals surface area contributed by atoms with Crippen LogP contribution < -0.4 is 0 Å². The second-order valence-electron chi connectivity index (χ2n) is 11.1. The minimum atomic E-state index is 0.185. The molecule has 0 radical (unpaired) electrons. The van der Waals surface area contributed by atoms with E-state index in [4.69, 9.17) is 0 Å². The minimum absolute atomic E-state index is 0.185. The van der Waals surface area contributed by atoms with Gasteiger partial charge < -0.3 is 0 Å². The highest BCUT2D eigenvalue weighted by molar-refractivity contribution is 6.06. The summed E-state index contributed by atoms with van der Waals surface area (Å²) in [6.07, 6.45) is 21.6. The lowest BCUT2D eigenvalue weighted by Gasteiger charge is -2.42. The summed E-state index contributed by atoms with van der Waals surface area (Å²) in [5, 5.41) is 0. The molecule has 0 amide bonds. The third-order valence-corrected chi connectivity index (χ3v) is 7.49. The first-order valence-corrected chi connectivity index (χ1v) is 13.1. The molecule has 31 heavy (non-hydrogen) atoms. The molecule has 174 valence electrons. The predicted octanol–water partition coefficient (Wildman–Crippen LogP) is 9.32. The molecule has 1 aromatic carbocycles. The molecule has 0 saturated carbocycles. The molecule has 1 aromatic rings. The van der Waals surface area contributed by atoms with Crippen LogP contribution in [0.5, 0.6) is 0 Å². The van der Waals surface area contributed by atoms with E-state index in [2.05, 4.69) is 58.9 Å². The molecule has 0 spiro atoms. The first-order chi connectivity index (χ1) is 14.8. The monoisotopic (exact) mass is 424 g/mol. The lowest BCUT2D eigenvalue weighted by Crippen LogP contribution is -2.33. The summed E-state index contributed by atoms with van der Waals surface area (Å²) in [5.74, 6) is 0. The molecule has 0 aliphatic heterocycles. The zero-order chi connectivity index (χ0) is 22.7. The van der Waals surface area contributed by atoms with Crippen molar-refractivity contribution in [3.63, 3.8) is 0 Å². The number of hydrogen-bond donors (Lipinski definition) is 0. The van der Waals surface area contributed by atoms with Crippen LogP contribution in [0, 0.1) is 0 Å². The third kappa shape index (κ3) is 7.92. The van der Waals surface area contributed by atoms with Gasteiger partial charge in [0.15, 0.2) is 0 Å². The number of carbonyl (C=O) groups excluding carboxylic acids is 1. The van der Waals surface area contributed by atoms with Gasteiger partial charge in [-0.05, 0) is 53.2 Å². The van der Waals surface area contributed by atoms with Crippen LogP contribution in [0.1, 0.15) is 141 Å². The Bertz CT molecular complexity index is 707. The molecule has 0 unspecified atom stereocenters. The second-order valence-corrected chi connectivity index (χ2v) is 11.1. The van der Waals surface area contributed by atoms with E-state index in [1.807, 2.05) is 0 Å². The Kier molecular flexibility index (Phi) is 10.5. The first kappa shape index (κ1) is 25.9. The van der Waals surface area contributed by atoms with Gasteiger partial charge in [0.2, 0.25) is 0 Å². The van der Waals surface area contributed by atoms with Crippen LogP contribution in [0.4, 0.5) is 0 Å². The van der Waals surface area contributed by atoms with E-state index >= 15 is 0 Å². The average Bonchev–Trinajstić information content (AvgIpc) is 2.75. The molecule has 1 aliphatic rings. The van der Waals surface area contributed by atoms with Gasteiger partial charge in [-0.3, -0.25) is 4.79 Å². The van der Waals surface area contributed by atoms with E-state index in [-0.39, 0.29) is 10.8 Å². The number of allylic oxidation sites excluding steroid dienone is 2. The molecular weight excluding hydrogens is 376 g/mol. The van der Waals surface area contributed by atoms with Gasteiger partial charge in [-0.15, -0.1) is 0 Å². The van der Waals surface area contributed by atoms with Crippen molar-refractivity contribution in [2.24, 2.45) is 0 Å². The van der Waals surface area contributed by atoms with Gasteiger partial charge in [-0.2, -0.15) is 0 Å². The maximum Gasteiger partial charge on any atom is 0.150 e. The third-order valence-electron chi connectivity index (χ3n) is 7.49. The Morgan fingerprint density at radius 3 is 1.84 bits per heavy atom. The highest BCUT2D eigenvalue weighted by Crippen LogP contribution is 2.46. The van der Waals surface area contributed by atoms with Crippen LogP contribution in [0.25, 0.3) is 5.57 Å². The van der Waals surface area contributed by atoms with Gasteiger partial charge in [-0.25, -0.2) is 0 Å². The smallest absolute Gasteiger partial charge is 0.150 e. The van der Waals surface area contributed by atoms with Crippen LogP contribution in [0.2, 0.25) is 0 Å². The van der Waals surface area contributed by atoms with E-state index in [0.29, 0.717) is 0 Å². The fourth-order valence-corrected chi connectivity index (χ4v) is 5.07. The summed E-state index contributed by atoms with van der Waals surface area (Å²) in [7, 11) is 0. The summed E-state index contributed by atoms with van der Waals surface area (Å²) in [4.78, 5) is 11.8. The molecule has 2 rings (SSSR count). The Labute approximate surface area is 193 Å². The molecule has 0 bridgehead atoms. The second kappa shape index (κ2) is 12.6. The highest BCUT2D eigenvalue weighted by atomic mass is 16.1. The molecule has 0 atom stereocenters. The molecule has 1 aliphatic carbocycles. The zero-order valence-corrected chi connectivity index (χ0v) is 21.2. The number of aldehydes is 1. The van der Waals surface area contributed by atoms with Crippen molar-refractivity contribution in [2.45, 2.75) is 135 Å².